The minimum atomic E-state index is -0.0278. The largest absolute Gasteiger partial charge is 0.508 e. The van der Waals surface area contributed by atoms with Crippen molar-refractivity contribution in [3.63, 3.8) is 0 Å². The number of oxazole rings is 1. The maximum atomic E-state index is 11.8. The van der Waals surface area contributed by atoms with E-state index in [2.05, 4.69) is 10.3 Å². The summed E-state index contributed by atoms with van der Waals surface area (Å²) in [6.45, 7) is 0.463. The van der Waals surface area contributed by atoms with Gasteiger partial charge >= 0.3 is 0 Å². The summed E-state index contributed by atoms with van der Waals surface area (Å²) in [7, 11) is 0. The van der Waals surface area contributed by atoms with Crippen LogP contribution in [0.3, 0.4) is 0 Å². The number of carbonyl (C=O) groups excluding carboxylic acids is 1. The molecule has 112 valence electrons. The van der Waals surface area contributed by atoms with E-state index in [-0.39, 0.29) is 11.7 Å². The van der Waals surface area contributed by atoms with Gasteiger partial charge in [-0.2, -0.15) is 0 Å². The Morgan fingerprint density at radius 1 is 1.18 bits per heavy atom. The first-order chi connectivity index (χ1) is 10.7. The Morgan fingerprint density at radius 3 is 2.82 bits per heavy atom. The molecule has 3 aromatic rings. The maximum Gasteiger partial charge on any atom is 0.224 e. The highest BCUT2D eigenvalue weighted by molar-refractivity contribution is 5.78. The Kier molecular flexibility index (Phi) is 4.05. The highest BCUT2D eigenvalue weighted by atomic mass is 16.3. The van der Waals surface area contributed by atoms with Crippen LogP contribution in [0.25, 0.3) is 11.1 Å². The molecular formula is C17H16N2O3. The summed E-state index contributed by atoms with van der Waals surface area (Å²) >= 11 is 0. The van der Waals surface area contributed by atoms with Crippen molar-refractivity contribution in [1.29, 1.82) is 0 Å². The average molecular weight is 296 g/mol. The van der Waals surface area contributed by atoms with Crippen LogP contribution < -0.4 is 5.32 Å². The average Bonchev–Trinajstić information content (AvgIpc) is 2.90. The summed E-state index contributed by atoms with van der Waals surface area (Å²) in [5, 5.41) is 12.2. The smallest absolute Gasteiger partial charge is 0.224 e. The second-order valence-corrected chi connectivity index (χ2v) is 5.02. The van der Waals surface area contributed by atoms with E-state index in [1.165, 1.54) is 6.07 Å². The van der Waals surface area contributed by atoms with Gasteiger partial charge in [0.15, 0.2) is 11.5 Å². The number of fused-ring (bicyclic) bond motifs is 1. The monoisotopic (exact) mass is 296 g/mol. The lowest BCUT2D eigenvalue weighted by Crippen LogP contribution is -2.27. The van der Waals surface area contributed by atoms with Crippen molar-refractivity contribution >= 4 is 17.0 Å². The summed E-state index contributed by atoms with van der Waals surface area (Å²) in [5.41, 5.74) is 2.23. The second-order valence-electron chi connectivity index (χ2n) is 5.02. The highest BCUT2D eigenvalue weighted by Gasteiger charge is 2.07. The number of amides is 1. The number of hydrogen-bond acceptors (Lipinski definition) is 4. The summed E-state index contributed by atoms with van der Waals surface area (Å²) < 4.78 is 5.53. The molecule has 0 spiro atoms. The van der Waals surface area contributed by atoms with E-state index in [0.29, 0.717) is 36.4 Å². The lowest BCUT2D eigenvalue weighted by atomic mass is 10.1. The number of nitrogens with zero attached hydrogens (tertiary/aromatic N) is 1. The Hall–Kier alpha value is -2.82. The molecule has 3 rings (SSSR count). The van der Waals surface area contributed by atoms with E-state index in [4.69, 9.17) is 4.42 Å². The first-order valence-electron chi connectivity index (χ1n) is 7.10. The van der Waals surface area contributed by atoms with E-state index in [9.17, 15) is 9.90 Å². The van der Waals surface area contributed by atoms with Crippen LogP contribution in [0.1, 0.15) is 11.5 Å². The molecular weight excluding hydrogens is 280 g/mol. The molecule has 0 fully saturated rings. The van der Waals surface area contributed by atoms with E-state index in [1.807, 2.05) is 30.3 Å². The molecule has 5 nitrogen and oxygen atoms in total. The normalized spacial score (nSPS) is 10.7. The van der Waals surface area contributed by atoms with Crippen molar-refractivity contribution in [3.8, 4) is 5.75 Å². The van der Waals surface area contributed by atoms with Gasteiger partial charge in [-0.15, -0.1) is 0 Å². The number of aromatic hydroxyl groups is 1. The zero-order valence-electron chi connectivity index (χ0n) is 12.0. The summed E-state index contributed by atoms with van der Waals surface area (Å²) in [5.74, 6) is 0.659. The second kappa shape index (κ2) is 6.30. The van der Waals surface area contributed by atoms with Crippen molar-refractivity contribution < 1.29 is 14.3 Å². The van der Waals surface area contributed by atoms with Crippen LogP contribution in [0.5, 0.6) is 5.75 Å². The Bertz CT molecular complexity index is 781. The SMILES string of the molecule is O=C(Cc1ccccc1)NCCc1nc2ccc(O)cc2o1. The molecule has 0 unspecified atom stereocenters. The van der Waals surface area contributed by atoms with Gasteiger partial charge in [-0.25, -0.2) is 4.98 Å². The van der Waals surface area contributed by atoms with Gasteiger partial charge in [0.05, 0.1) is 6.42 Å². The van der Waals surface area contributed by atoms with Crippen molar-refractivity contribution in [1.82, 2.24) is 10.3 Å². The van der Waals surface area contributed by atoms with Crippen LogP contribution in [-0.2, 0) is 17.6 Å². The molecule has 1 aromatic heterocycles. The zero-order valence-corrected chi connectivity index (χ0v) is 12.0. The van der Waals surface area contributed by atoms with Crippen LogP contribution in [0.2, 0.25) is 0 Å². The molecule has 0 radical (unpaired) electrons. The van der Waals surface area contributed by atoms with Gasteiger partial charge in [-0.05, 0) is 17.7 Å². The quantitative estimate of drug-likeness (QED) is 0.758. The van der Waals surface area contributed by atoms with Gasteiger partial charge in [0.25, 0.3) is 0 Å². The molecule has 22 heavy (non-hydrogen) atoms. The topological polar surface area (TPSA) is 75.4 Å². The molecule has 2 aromatic carbocycles. The molecule has 0 aliphatic heterocycles. The van der Waals surface area contributed by atoms with Gasteiger partial charge in [0, 0.05) is 19.0 Å². The van der Waals surface area contributed by atoms with Gasteiger partial charge in [-0.1, -0.05) is 30.3 Å². The number of rotatable bonds is 5. The van der Waals surface area contributed by atoms with Crippen molar-refractivity contribution in [3.05, 3.63) is 60.0 Å². The fraction of sp³-hybridized carbons (Fsp3) is 0.176. The van der Waals surface area contributed by atoms with Crippen molar-refractivity contribution in [2.75, 3.05) is 6.54 Å². The Morgan fingerprint density at radius 2 is 2.00 bits per heavy atom. The first kappa shape index (κ1) is 14.1. The summed E-state index contributed by atoms with van der Waals surface area (Å²) in [4.78, 5) is 16.1. The van der Waals surface area contributed by atoms with E-state index >= 15 is 0 Å². The van der Waals surface area contributed by atoms with Crippen molar-refractivity contribution in [2.45, 2.75) is 12.8 Å². The summed E-state index contributed by atoms with van der Waals surface area (Å²) in [6.07, 6.45) is 0.873. The van der Waals surface area contributed by atoms with Gasteiger partial charge in [0.1, 0.15) is 11.3 Å². The highest BCUT2D eigenvalue weighted by Crippen LogP contribution is 2.20. The fourth-order valence-electron chi connectivity index (χ4n) is 2.22. The predicted octanol–water partition coefficient (Wildman–Crippen LogP) is 2.43. The standard InChI is InChI=1S/C17H16N2O3/c20-13-6-7-14-15(11-13)22-17(19-14)8-9-18-16(21)10-12-4-2-1-3-5-12/h1-7,11,20H,8-10H2,(H,18,21). The lowest BCUT2D eigenvalue weighted by molar-refractivity contribution is -0.120. The molecule has 0 bridgehead atoms. The Labute approximate surface area is 127 Å². The van der Waals surface area contributed by atoms with Crippen LogP contribution >= 0.6 is 0 Å². The molecule has 5 heteroatoms. The van der Waals surface area contributed by atoms with E-state index in [1.54, 1.807) is 12.1 Å². The minimum absolute atomic E-state index is 0.0278. The van der Waals surface area contributed by atoms with Crippen LogP contribution in [0, 0.1) is 0 Å². The molecule has 0 aliphatic rings. The number of benzene rings is 2. The predicted molar refractivity (Wildman–Crippen MR) is 82.5 cm³/mol. The minimum Gasteiger partial charge on any atom is -0.508 e. The van der Waals surface area contributed by atoms with Crippen LogP contribution in [0.4, 0.5) is 0 Å². The third-order valence-electron chi connectivity index (χ3n) is 3.28. The molecule has 1 heterocycles. The molecule has 0 aliphatic carbocycles. The third kappa shape index (κ3) is 3.44. The number of phenolic OH excluding ortho intramolecular Hbond substituents is 1. The number of hydrogen-bond donors (Lipinski definition) is 2. The van der Waals surface area contributed by atoms with E-state index < -0.39 is 0 Å². The van der Waals surface area contributed by atoms with Gasteiger partial charge in [-0.3, -0.25) is 4.79 Å². The molecule has 0 saturated carbocycles. The lowest BCUT2D eigenvalue weighted by Gasteiger charge is -2.03. The first-order valence-corrected chi connectivity index (χ1v) is 7.10. The van der Waals surface area contributed by atoms with E-state index in [0.717, 1.165) is 5.56 Å². The van der Waals surface area contributed by atoms with Crippen LogP contribution in [0.15, 0.2) is 52.9 Å². The molecule has 0 atom stereocenters. The van der Waals surface area contributed by atoms with Crippen molar-refractivity contribution in [2.24, 2.45) is 0 Å². The molecule has 1 amide bonds. The number of aromatic nitrogens is 1. The molecule has 2 N–H and O–H groups in total. The van der Waals surface area contributed by atoms with Gasteiger partial charge < -0.3 is 14.8 Å². The summed E-state index contributed by atoms with van der Waals surface area (Å²) in [6, 6.07) is 14.4. The number of phenols is 1. The Balaban J connectivity index is 1.52. The molecule has 0 saturated heterocycles. The zero-order chi connectivity index (χ0) is 15.4. The maximum absolute atomic E-state index is 11.8. The third-order valence-corrected chi connectivity index (χ3v) is 3.28. The fourth-order valence-corrected chi connectivity index (χ4v) is 2.22. The number of nitrogens with one attached hydrogen (secondary N) is 1. The number of carbonyl (C=O) groups is 1. The van der Waals surface area contributed by atoms with Gasteiger partial charge in [0.2, 0.25) is 5.91 Å². The van der Waals surface area contributed by atoms with Crippen LogP contribution in [-0.4, -0.2) is 22.5 Å².